The molecule has 3 nitrogen and oxygen atoms in total. The molecule has 0 aliphatic carbocycles. The van der Waals surface area contributed by atoms with Crippen molar-refractivity contribution < 1.29 is 9.59 Å². The minimum absolute atomic E-state index is 0.0514. The highest BCUT2D eigenvalue weighted by atomic mass is 127. The molecule has 4 heteroatoms. The van der Waals surface area contributed by atoms with E-state index in [-0.39, 0.29) is 23.1 Å². The molecule has 1 fully saturated rings. The van der Waals surface area contributed by atoms with E-state index in [0.29, 0.717) is 18.5 Å². The van der Waals surface area contributed by atoms with Crippen molar-refractivity contribution in [3.8, 4) is 0 Å². The summed E-state index contributed by atoms with van der Waals surface area (Å²) in [7, 11) is 0. The Morgan fingerprint density at radius 1 is 1.37 bits per heavy atom. The number of likely N-dealkylation sites (tertiary alicyclic amines) is 1. The quantitative estimate of drug-likeness (QED) is 0.561. The molecule has 1 unspecified atom stereocenters. The summed E-state index contributed by atoms with van der Waals surface area (Å²) in [6, 6.07) is 7.36. The molecular weight excluding hydrogens is 353 g/mol. The topological polar surface area (TPSA) is 37.4 Å². The molecule has 0 aromatic heterocycles. The van der Waals surface area contributed by atoms with Crippen LogP contribution in [0.25, 0.3) is 0 Å². The maximum absolute atomic E-state index is 12.4. The van der Waals surface area contributed by atoms with E-state index in [1.165, 1.54) is 4.90 Å². The second-order valence-corrected chi connectivity index (χ2v) is 7.33. The first-order chi connectivity index (χ1) is 8.79. The summed E-state index contributed by atoms with van der Waals surface area (Å²) in [6.07, 6.45) is 0.471. The third kappa shape index (κ3) is 3.16. The number of amides is 2. The minimum Gasteiger partial charge on any atom is -0.278 e. The van der Waals surface area contributed by atoms with E-state index in [9.17, 15) is 9.59 Å². The molecule has 1 aromatic carbocycles. The van der Waals surface area contributed by atoms with Gasteiger partial charge in [-0.1, -0.05) is 26.8 Å². The zero-order valence-electron chi connectivity index (χ0n) is 11.4. The number of imide groups is 1. The zero-order valence-corrected chi connectivity index (χ0v) is 13.6. The van der Waals surface area contributed by atoms with E-state index < -0.39 is 0 Å². The van der Waals surface area contributed by atoms with Crippen molar-refractivity contribution in [3.05, 3.63) is 33.4 Å². The molecule has 1 aliphatic heterocycles. The van der Waals surface area contributed by atoms with Gasteiger partial charge in [-0.2, -0.15) is 0 Å². The van der Waals surface area contributed by atoms with Crippen molar-refractivity contribution in [2.24, 2.45) is 11.3 Å². The minimum atomic E-state index is -0.171. The molecule has 1 saturated heterocycles. The van der Waals surface area contributed by atoms with Crippen LogP contribution in [0.15, 0.2) is 24.3 Å². The van der Waals surface area contributed by atoms with Gasteiger partial charge in [-0.3, -0.25) is 14.5 Å². The first kappa shape index (κ1) is 14.5. The van der Waals surface area contributed by atoms with E-state index in [1.807, 2.05) is 18.2 Å². The predicted octanol–water partition coefficient (Wildman–Crippen LogP) is 3.33. The van der Waals surface area contributed by atoms with Crippen LogP contribution in [0.2, 0.25) is 0 Å². The van der Waals surface area contributed by atoms with Gasteiger partial charge in [0.2, 0.25) is 5.91 Å². The van der Waals surface area contributed by atoms with Crippen molar-refractivity contribution in [3.63, 3.8) is 0 Å². The molecule has 0 radical (unpaired) electrons. The van der Waals surface area contributed by atoms with Crippen LogP contribution in [0.1, 0.15) is 37.6 Å². The number of nitrogens with zero attached hydrogens (tertiary/aromatic N) is 1. The van der Waals surface area contributed by atoms with Crippen LogP contribution in [-0.4, -0.2) is 23.3 Å². The molecule has 1 aromatic rings. The van der Waals surface area contributed by atoms with E-state index in [2.05, 4.69) is 43.4 Å². The predicted molar refractivity (Wildman–Crippen MR) is 82.8 cm³/mol. The van der Waals surface area contributed by atoms with Crippen LogP contribution in [0.4, 0.5) is 0 Å². The van der Waals surface area contributed by atoms with Gasteiger partial charge >= 0.3 is 0 Å². The lowest BCUT2D eigenvalue weighted by Crippen LogP contribution is -2.33. The molecule has 1 aliphatic rings. The van der Waals surface area contributed by atoms with Gasteiger partial charge in [-0.15, -0.1) is 0 Å². The summed E-state index contributed by atoms with van der Waals surface area (Å²) in [5.74, 6) is 0.0192. The highest BCUT2D eigenvalue weighted by Gasteiger charge is 2.39. The lowest BCUT2D eigenvalue weighted by atomic mass is 9.80. The van der Waals surface area contributed by atoms with Crippen LogP contribution in [0, 0.1) is 14.9 Å². The molecule has 0 N–H and O–H groups in total. The highest BCUT2D eigenvalue weighted by Crippen LogP contribution is 2.34. The van der Waals surface area contributed by atoms with Gasteiger partial charge in [0.15, 0.2) is 0 Å². The first-order valence-corrected chi connectivity index (χ1v) is 7.47. The molecule has 0 bridgehead atoms. The van der Waals surface area contributed by atoms with Gasteiger partial charge in [-0.05, 0) is 52.1 Å². The van der Waals surface area contributed by atoms with E-state index in [1.54, 1.807) is 6.07 Å². The summed E-state index contributed by atoms with van der Waals surface area (Å²) in [4.78, 5) is 25.8. The van der Waals surface area contributed by atoms with Crippen LogP contribution in [-0.2, 0) is 4.79 Å². The number of hydrogen-bond donors (Lipinski definition) is 0. The Labute approximate surface area is 127 Å². The van der Waals surface area contributed by atoms with E-state index in [0.717, 1.165) is 3.57 Å². The largest absolute Gasteiger partial charge is 0.278 e. The average Bonchev–Trinajstić information content (AvgIpc) is 2.70. The molecule has 1 atom stereocenters. The van der Waals surface area contributed by atoms with Gasteiger partial charge in [0.25, 0.3) is 5.91 Å². The fourth-order valence-corrected chi connectivity index (χ4v) is 2.80. The van der Waals surface area contributed by atoms with Gasteiger partial charge < -0.3 is 0 Å². The van der Waals surface area contributed by atoms with Crippen molar-refractivity contribution in [2.75, 3.05) is 6.54 Å². The van der Waals surface area contributed by atoms with Crippen LogP contribution < -0.4 is 0 Å². The van der Waals surface area contributed by atoms with Crippen molar-refractivity contribution in [2.45, 2.75) is 27.2 Å². The number of benzene rings is 1. The Bertz CT molecular complexity index is 519. The Hall–Kier alpha value is -0.910. The first-order valence-electron chi connectivity index (χ1n) is 6.39. The molecule has 102 valence electrons. The molecule has 0 saturated carbocycles. The third-order valence-electron chi connectivity index (χ3n) is 3.67. The molecule has 2 amide bonds. The van der Waals surface area contributed by atoms with Crippen molar-refractivity contribution in [1.29, 1.82) is 0 Å². The average molecular weight is 371 g/mol. The van der Waals surface area contributed by atoms with Gasteiger partial charge in [-0.25, -0.2) is 0 Å². The maximum atomic E-state index is 12.4. The van der Waals surface area contributed by atoms with Crippen LogP contribution in [0.5, 0.6) is 0 Å². The summed E-state index contributed by atoms with van der Waals surface area (Å²) < 4.78 is 1.00. The molecule has 0 spiro atoms. The standard InChI is InChI=1S/C15H18INO2/c1-15(2,3)11-8-13(18)17(9-11)14(19)10-5-4-6-12(16)7-10/h4-7,11H,8-9H2,1-3H3. The zero-order chi connectivity index (χ0) is 14.2. The third-order valence-corrected chi connectivity index (χ3v) is 4.34. The fraction of sp³-hybridized carbons (Fsp3) is 0.467. The molecular formula is C15H18INO2. The number of carbonyl (C=O) groups excluding carboxylic acids is 2. The SMILES string of the molecule is CC(C)(C)C1CC(=O)N(C(=O)c2cccc(I)c2)C1. The summed E-state index contributed by atoms with van der Waals surface area (Å²) in [5, 5.41) is 0. The van der Waals surface area contributed by atoms with Crippen LogP contribution >= 0.6 is 22.6 Å². The Morgan fingerprint density at radius 3 is 2.58 bits per heavy atom. The van der Waals surface area contributed by atoms with Gasteiger partial charge in [0, 0.05) is 22.1 Å². The Kier molecular flexibility index (Phi) is 3.99. The normalized spacial score (nSPS) is 19.9. The second kappa shape index (κ2) is 5.23. The van der Waals surface area contributed by atoms with Gasteiger partial charge in [0.1, 0.15) is 0 Å². The lowest BCUT2D eigenvalue weighted by Gasteiger charge is -2.26. The molecule has 1 heterocycles. The summed E-state index contributed by atoms with van der Waals surface area (Å²) in [6.45, 7) is 6.88. The number of rotatable bonds is 1. The monoisotopic (exact) mass is 371 g/mol. The van der Waals surface area contributed by atoms with Crippen LogP contribution in [0.3, 0.4) is 0 Å². The number of halogens is 1. The number of carbonyl (C=O) groups is 2. The highest BCUT2D eigenvalue weighted by molar-refractivity contribution is 14.1. The smallest absolute Gasteiger partial charge is 0.260 e. The van der Waals surface area contributed by atoms with E-state index in [4.69, 9.17) is 0 Å². The van der Waals surface area contributed by atoms with Crippen molar-refractivity contribution in [1.82, 2.24) is 4.90 Å². The summed E-state index contributed by atoms with van der Waals surface area (Å²) in [5.41, 5.74) is 0.644. The molecule has 2 rings (SSSR count). The van der Waals surface area contributed by atoms with E-state index >= 15 is 0 Å². The maximum Gasteiger partial charge on any atom is 0.260 e. The Balaban J connectivity index is 2.19. The Morgan fingerprint density at radius 2 is 2.05 bits per heavy atom. The van der Waals surface area contributed by atoms with Crippen molar-refractivity contribution >= 4 is 34.4 Å². The lowest BCUT2D eigenvalue weighted by molar-refractivity contribution is -0.125. The van der Waals surface area contributed by atoms with Gasteiger partial charge in [0.05, 0.1) is 0 Å². The molecule has 19 heavy (non-hydrogen) atoms. The fourth-order valence-electron chi connectivity index (χ4n) is 2.26. The number of hydrogen-bond acceptors (Lipinski definition) is 2. The summed E-state index contributed by atoms with van der Waals surface area (Å²) >= 11 is 2.17. The second-order valence-electron chi connectivity index (χ2n) is 6.09.